The summed E-state index contributed by atoms with van der Waals surface area (Å²) in [6.07, 6.45) is 30.6. The molecule has 78 heavy (non-hydrogen) atoms. The molecule has 0 nitrogen and oxygen atoms in total. The summed E-state index contributed by atoms with van der Waals surface area (Å²) >= 11 is 19.1. The molecule has 6 aliphatic carbocycles. The third-order valence-corrected chi connectivity index (χ3v) is 20.8. The number of hydrogen-bond donors (Lipinski definition) is 0. The highest BCUT2D eigenvalue weighted by molar-refractivity contribution is 6.41. The van der Waals surface area contributed by atoms with Crippen LogP contribution in [-0.4, -0.2) is 10.7 Å². The van der Waals surface area contributed by atoms with E-state index >= 15 is 0 Å². The number of aryl methyl sites for hydroxylation is 4. The molecule has 4 heteroatoms. The van der Waals surface area contributed by atoms with Crippen molar-refractivity contribution in [1.29, 1.82) is 0 Å². The SMILES string of the molecule is CCCCCCc1c2c3c(CCCCCC)c4cc5c(cc14)-c1ccc4c6c(ccc-5c16)[C@@H]1Cc5c(c(CCCCCC)c6cc7c(cc6c5CCCCCC)-c5ccc6c8c(ccc-7c58)[C@@H](C2)[C@H]6C3)C[C@H]41.ClCCl.ClCCl. The molecule has 8 aromatic carbocycles. The van der Waals surface area contributed by atoms with E-state index in [4.69, 9.17) is 46.4 Å². The molecule has 6 aliphatic rings. The molecule has 0 bridgehead atoms. The van der Waals surface area contributed by atoms with Crippen molar-refractivity contribution in [1.82, 2.24) is 0 Å². The van der Waals surface area contributed by atoms with E-state index in [-0.39, 0.29) is 10.7 Å². The van der Waals surface area contributed by atoms with Crippen LogP contribution in [0.5, 0.6) is 0 Å². The Kier molecular flexibility index (Phi) is 15.3. The monoisotopic (exact) mass is 1110 g/mol. The van der Waals surface area contributed by atoms with Crippen molar-refractivity contribution >= 4 is 89.5 Å². The predicted molar refractivity (Wildman–Crippen MR) is 342 cm³/mol. The van der Waals surface area contributed by atoms with Crippen molar-refractivity contribution in [2.24, 2.45) is 0 Å². The van der Waals surface area contributed by atoms with Gasteiger partial charge in [-0.05, 0) is 279 Å². The number of hydrogen-bond acceptors (Lipinski definition) is 0. The van der Waals surface area contributed by atoms with Crippen molar-refractivity contribution < 1.29 is 0 Å². The van der Waals surface area contributed by atoms with Crippen LogP contribution in [0.25, 0.3) is 87.6 Å². The molecule has 0 fully saturated rings. The number of alkyl halides is 4. The van der Waals surface area contributed by atoms with Crippen LogP contribution < -0.4 is 0 Å². The smallest absolute Gasteiger partial charge is 0.0967 e. The van der Waals surface area contributed by atoms with Gasteiger partial charge in [0.15, 0.2) is 0 Å². The van der Waals surface area contributed by atoms with Crippen LogP contribution in [0.4, 0.5) is 0 Å². The minimum atomic E-state index is 0.194. The second kappa shape index (κ2) is 22.4. The van der Waals surface area contributed by atoms with Crippen LogP contribution in [0.1, 0.15) is 221 Å². The molecule has 0 radical (unpaired) electrons. The Morgan fingerprint density at radius 3 is 0.744 bits per heavy atom. The summed E-state index contributed by atoms with van der Waals surface area (Å²) in [7, 11) is 0. The van der Waals surface area contributed by atoms with Crippen molar-refractivity contribution in [2.75, 3.05) is 10.7 Å². The van der Waals surface area contributed by atoms with Crippen LogP contribution in [0.2, 0.25) is 0 Å². The zero-order valence-corrected chi connectivity index (χ0v) is 50.2. The maximum atomic E-state index is 4.76. The van der Waals surface area contributed by atoms with E-state index in [9.17, 15) is 0 Å². The van der Waals surface area contributed by atoms with Gasteiger partial charge in [-0.2, -0.15) is 0 Å². The lowest BCUT2D eigenvalue weighted by molar-refractivity contribution is 0.516. The van der Waals surface area contributed by atoms with Gasteiger partial charge in [0.05, 0.1) is 10.7 Å². The van der Waals surface area contributed by atoms with Gasteiger partial charge in [-0.25, -0.2) is 0 Å². The summed E-state index contributed by atoms with van der Waals surface area (Å²) in [5.41, 5.74) is 32.7. The first-order chi connectivity index (χ1) is 38.4. The van der Waals surface area contributed by atoms with E-state index in [0.29, 0.717) is 23.7 Å². The van der Waals surface area contributed by atoms with E-state index in [1.165, 1.54) is 199 Å². The van der Waals surface area contributed by atoms with E-state index in [0.717, 1.165) is 0 Å². The quantitative estimate of drug-likeness (QED) is 0.0527. The molecule has 0 amide bonds. The fourth-order valence-electron chi connectivity index (χ4n) is 17.5. The molecule has 404 valence electrons. The molecular formula is C74H80Cl4. The molecule has 0 saturated heterocycles. The van der Waals surface area contributed by atoms with E-state index < -0.39 is 0 Å². The molecule has 8 aromatic rings. The maximum Gasteiger partial charge on any atom is 0.0967 e. The van der Waals surface area contributed by atoms with E-state index in [1.807, 2.05) is 0 Å². The molecule has 0 aliphatic heterocycles. The fourth-order valence-corrected chi connectivity index (χ4v) is 17.5. The van der Waals surface area contributed by atoms with Crippen LogP contribution >= 0.6 is 46.4 Å². The summed E-state index contributed by atoms with van der Waals surface area (Å²) in [5, 5.41) is 13.3. The summed E-state index contributed by atoms with van der Waals surface area (Å²) in [6.45, 7) is 9.50. The molecule has 0 saturated carbocycles. The average molecular weight is 1110 g/mol. The Hall–Kier alpha value is -4.04. The summed E-state index contributed by atoms with van der Waals surface area (Å²) in [5.74, 6) is 2.15. The van der Waals surface area contributed by atoms with Gasteiger partial charge in [-0.1, -0.05) is 153 Å². The Bertz CT molecular complexity index is 3200. The molecule has 0 heterocycles. The van der Waals surface area contributed by atoms with Gasteiger partial charge in [-0.3, -0.25) is 0 Å². The normalized spacial score (nSPS) is 18.2. The van der Waals surface area contributed by atoms with Gasteiger partial charge in [0.2, 0.25) is 0 Å². The van der Waals surface area contributed by atoms with Crippen molar-refractivity contribution in [3.8, 4) is 44.5 Å². The summed E-state index contributed by atoms with van der Waals surface area (Å²) < 4.78 is 0. The van der Waals surface area contributed by atoms with Crippen LogP contribution in [0.15, 0.2) is 72.8 Å². The second-order valence-electron chi connectivity index (χ2n) is 24.7. The lowest BCUT2D eigenvalue weighted by Crippen LogP contribution is -2.22. The van der Waals surface area contributed by atoms with Gasteiger partial charge in [0, 0.05) is 0 Å². The van der Waals surface area contributed by atoms with Gasteiger partial charge in [0.1, 0.15) is 0 Å². The van der Waals surface area contributed by atoms with Crippen molar-refractivity contribution in [3.05, 3.63) is 140 Å². The van der Waals surface area contributed by atoms with Crippen LogP contribution in [0.3, 0.4) is 0 Å². The third kappa shape index (κ3) is 8.38. The van der Waals surface area contributed by atoms with Crippen molar-refractivity contribution in [3.63, 3.8) is 0 Å². The Morgan fingerprint density at radius 2 is 0.526 bits per heavy atom. The molecule has 0 unspecified atom stereocenters. The molecule has 14 rings (SSSR count). The summed E-state index contributed by atoms with van der Waals surface area (Å²) in [4.78, 5) is 0. The molecule has 0 N–H and O–H groups in total. The second-order valence-corrected chi connectivity index (χ2v) is 26.3. The van der Waals surface area contributed by atoms with Gasteiger partial charge >= 0.3 is 0 Å². The predicted octanol–water partition coefficient (Wildman–Crippen LogP) is 23.2. The number of fused-ring (bicyclic) bond motifs is 16. The molecule has 0 spiro atoms. The molecule has 0 aromatic heterocycles. The van der Waals surface area contributed by atoms with Gasteiger partial charge < -0.3 is 0 Å². The Balaban J connectivity index is 0.000000925. The summed E-state index contributed by atoms with van der Waals surface area (Å²) in [6, 6.07) is 32.2. The number of rotatable bonds is 20. The number of unbranched alkanes of at least 4 members (excludes halogenated alkanes) is 12. The highest BCUT2D eigenvalue weighted by Crippen LogP contribution is 2.63. The average Bonchev–Trinajstić information content (AvgIpc) is 3.82. The number of halogens is 4. The van der Waals surface area contributed by atoms with Crippen molar-refractivity contribution in [2.45, 2.75) is 205 Å². The number of benzene rings is 8. The zero-order valence-electron chi connectivity index (χ0n) is 47.1. The standard InChI is InChI=1S/C72H76.2CH2Cl2/c1-5-9-13-17-21-41-53-33-61-45-25-27-49-65-37-57-43(23-19-15-11-7-3)58-38-66-50-28-26-46-62-34-54(41)56-36-64(62)48-30-32-52(72(50)70(46)48)68(66)40-60(58)44(24-20-16-12-8-4)59(57)39-67(65)51-31-29-47(69(45)71(49)51)63(61)35-55(53)42(56)22-18-14-10-6-2;2*2-1-3/h25-33,35,38,40,62,64-65,67H,5-24,34,36-37,39H2,1-4H3;2*1H2/t62-,64+,65-,67+;;. The van der Waals surface area contributed by atoms with Gasteiger partial charge in [-0.15, -0.1) is 46.4 Å². The largest absolute Gasteiger partial charge is 0.109 e. The minimum absolute atomic E-state index is 0.194. The zero-order chi connectivity index (χ0) is 53.3. The van der Waals surface area contributed by atoms with Crippen LogP contribution in [-0.2, 0) is 51.4 Å². The first kappa shape index (κ1) is 53.3. The fraction of sp³-hybridized carbons (Fsp3) is 0.459. The highest BCUT2D eigenvalue weighted by atomic mass is 35.5. The Morgan fingerprint density at radius 1 is 0.295 bits per heavy atom. The van der Waals surface area contributed by atoms with Crippen LogP contribution in [0, 0.1) is 0 Å². The van der Waals surface area contributed by atoms with E-state index in [2.05, 4.69) is 100 Å². The van der Waals surface area contributed by atoms with E-state index in [1.54, 1.807) is 110 Å². The lowest BCUT2D eigenvalue weighted by Gasteiger charge is -2.34. The Labute approximate surface area is 486 Å². The minimum Gasteiger partial charge on any atom is -0.109 e. The van der Waals surface area contributed by atoms with Gasteiger partial charge in [0.25, 0.3) is 0 Å². The topological polar surface area (TPSA) is 0 Å². The maximum absolute atomic E-state index is 4.76. The first-order valence-corrected chi connectivity index (χ1v) is 33.3. The molecular weight excluding hydrogens is 1030 g/mol. The first-order valence-electron chi connectivity index (χ1n) is 31.1. The third-order valence-electron chi connectivity index (χ3n) is 20.8. The lowest BCUT2D eigenvalue weighted by atomic mass is 9.69. The molecule has 4 atom stereocenters. The highest BCUT2D eigenvalue weighted by Gasteiger charge is 2.45.